The Hall–Kier alpha value is -0.690. The van der Waals surface area contributed by atoms with Crippen LogP contribution in [0.4, 0.5) is 0 Å². The van der Waals surface area contributed by atoms with Gasteiger partial charge in [-0.3, -0.25) is 0 Å². The van der Waals surface area contributed by atoms with Crippen LogP contribution in [0.3, 0.4) is 0 Å². The first-order valence-electron chi connectivity index (χ1n) is 3.72. The Balaban J connectivity index is 1.97. The Labute approximate surface area is 70.9 Å². The molecule has 11 heavy (non-hydrogen) atoms. The van der Waals surface area contributed by atoms with Gasteiger partial charge in [0.25, 0.3) is 0 Å². The zero-order valence-corrected chi connectivity index (χ0v) is 6.79. The fourth-order valence-electron chi connectivity index (χ4n) is 0.939. The van der Waals surface area contributed by atoms with Crippen molar-refractivity contribution in [3.63, 3.8) is 0 Å². The van der Waals surface area contributed by atoms with E-state index in [0.29, 0.717) is 0 Å². The van der Waals surface area contributed by atoms with E-state index in [4.69, 9.17) is 16.3 Å². The van der Waals surface area contributed by atoms with Crippen LogP contribution in [0.5, 0.6) is 5.75 Å². The summed E-state index contributed by atoms with van der Waals surface area (Å²) in [5.74, 6) is 0.917. The summed E-state index contributed by atoms with van der Waals surface area (Å²) in [6.07, 6.45) is 1.23. The van der Waals surface area contributed by atoms with Crippen LogP contribution >= 0.6 is 11.6 Å². The van der Waals surface area contributed by atoms with Crippen molar-refractivity contribution in [2.24, 2.45) is 0 Å². The zero-order chi connectivity index (χ0) is 7.68. The SMILES string of the molecule is Cl[C@@H]1C[C@@H]1Oc1ccccc1. The largest absolute Gasteiger partial charge is 0.489 e. The first-order valence-corrected chi connectivity index (χ1v) is 4.15. The van der Waals surface area contributed by atoms with Crippen molar-refractivity contribution in [3.8, 4) is 5.75 Å². The normalized spacial score (nSPS) is 28.1. The quantitative estimate of drug-likeness (QED) is 0.617. The molecule has 1 aromatic carbocycles. The monoisotopic (exact) mass is 168 g/mol. The number of hydrogen-bond acceptors (Lipinski definition) is 1. The predicted molar refractivity (Wildman–Crippen MR) is 45.1 cm³/mol. The Kier molecular flexibility index (Phi) is 1.74. The van der Waals surface area contributed by atoms with Crippen molar-refractivity contribution in [3.05, 3.63) is 30.3 Å². The van der Waals surface area contributed by atoms with Crippen LogP contribution in [0, 0.1) is 0 Å². The minimum Gasteiger partial charge on any atom is -0.489 e. The molecule has 1 nitrogen and oxygen atoms in total. The molecular weight excluding hydrogens is 160 g/mol. The molecule has 58 valence electrons. The summed E-state index contributed by atoms with van der Waals surface area (Å²) in [7, 11) is 0. The number of ether oxygens (including phenoxy) is 1. The lowest BCUT2D eigenvalue weighted by Gasteiger charge is -2.02. The van der Waals surface area contributed by atoms with Crippen LogP contribution < -0.4 is 4.74 Å². The van der Waals surface area contributed by atoms with E-state index >= 15 is 0 Å². The van der Waals surface area contributed by atoms with Gasteiger partial charge in [-0.15, -0.1) is 11.6 Å². The van der Waals surface area contributed by atoms with E-state index < -0.39 is 0 Å². The molecule has 0 saturated heterocycles. The van der Waals surface area contributed by atoms with Crippen molar-refractivity contribution in [2.45, 2.75) is 17.9 Å². The smallest absolute Gasteiger partial charge is 0.119 e. The fourth-order valence-corrected chi connectivity index (χ4v) is 1.17. The Morgan fingerprint density at radius 1 is 1.27 bits per heavy atom. The van der Waals surface area contributed by atoms with E-state index in [1.807, 2.05) is 30.3 Å². The van der Waals surface area contributed by atoms with E-state index in [-0.39, 0.29) is 11.5 Å². The number of hydrogen-bond donors (Lipinski definition) is 0. The zero-order valence-electron chi connectivity index (χ0n) is 6.03. The van der Waals surface area contributed by atoms with Gasteiger partial charge < -0.3 is 4.74 Å². The van der Waals surface area contributed by atoms with Gasteiger partial charge in [0, 0.05) is 6.42 Å². The minimum absolute atomic E-state index is 0.232. The lowest BCUT2D eigenvalue weighted by Crippen LogP contribution is -1.98. The molecule has 0 unspecified atom stereocenters. The standard InChI is InChI=1S/C9H9ClO/c10-8-6-9(8)11-7-4-2-1-3-5-7/h1-5,8-9H,6H2/t8-,9+/m1/s1. The van der Waals surface area contributed by atoms with Crippen LogP contribution in [-0.4, -0.2) is 11.5 Å². The highest BCUT2D eigenvalue weighted by Crippen LogP contribution is 2.32. The van der Waals surface area contributed by atoms with Gasteiger partial charge in [0.15, 0.2) is 0 Å². The number of halogens is 1. The third-order valence-electron chi connectivity index (χ3n) is 1.69. The molecule has 1 aliphatic rings. The summed E-state index contributed by atoms with van der Waals surface area (Å²) in [6, 6.07) is 9.78. The predicted octanol–water partition coefficient (Wildman–Crippen LogP) is 2.45. The molecule has 0 heterocycles. The fraction of sp³-hybridized carbons (Fsp3) is 0.333. The average molecular weight is 169 g/mol. The molecule has 2 heteroatoms. The van der Waals surface area contributed by atoms with Gasteiger partial charge in [-0.25, -0.2) is 0 Å². The third-order valence-corrected chi connectivity index (χ3v) is 2.15. The van der Waals surface area contributed by atoms with Gasteiger partial charge in [0.2, 0.25) is 0 Å². The van der Waals surface area contributed by atoms with Crippen LogP contribution in [0.25, 0.3) is 0 Å². The molecule has 2 rings (SSSR count). The van der Waals surface area contributed by atoms with Crippen LogP contribution in [0.1, 0.15) is 6.42 Å². The third kappa shape index (κ3) is 1.66. The lowest BCUT2D eigenvalue weighted by atomic mass is 10.3. The second-order valence-electron chi connectivity index (χ2n) is 2.72. The van der Waals surface area contributed by atoms with E-state index in [1.54, 1.807) is 0 Å². The highest BCUT2D eigenvalue weighted by molar-refractivity contribution is 6.23. The van der Waals surface area contributed by atoms with Gasteiger partial charge in [0.1, 0.15) is 11.9 Å². The van der Waals surface area contributed by atoms with E-state index in [1.165, 1.54) is 0 Å². The second kappa shape index (κ2) is 2.74. The van der Waals surface area contributed by atoms with E-state index in [2.05, 4.69) is 0 Å². The Morgan fingerprint density at radius 2 is 1.91 bits per heavy atom. The first-order chi connectivity index (χ1) is 5.36. The van der Waals surface area contributed by atoms with Crippen molar-refractivity contribution >= 4 is 11.6 Å². The maximum absolute atomic E-state index is 5.78. The molecule has 0 N–H and O–H groups in total. The first kappa shape index (κ1) is 6.99. The number of alkyl halides is 1. The summed E-state index contributed by atoms with van der Waals surface area (Å²) in [4.78, 5) is 0. The number of benzene rings is 1. The van der Waals surface area contributed by atoms with Crippen LogP contribution in [-0.2, 0) is 0 Å². The van der Waals surface area contributed by atoms with Crippen LogP contribution in [0.15, 0.2) is 30.3 Å². The molecule has 2 atom stereocenters. The maximum atomic E-state index is 5.78. The van der Waals surface area contributed by atoms with Gasteiger partial charge >= 0.3 is 0 Å². The molecule has 0 amide bonds. The lowest BCUT2D eigenvalue weighted by molar-refractivity contribution is 0.304. The van der Waals surface area contributed by atoms with Crippen molar-refractivity contribution in [1.29, 1.82) is 0 Å². The minimum atomic E-state index is 0.232. The summed E-state index contributed by atoms with van der Waals surface area (Å²) in [5.41, 5.74) is 0. The molecule has 0 aromatic heterocycles. The molecule has 0 radical (unpaired) electrons. The molecule has 0 aliphatic heterocycles. The molecule has 0 bridgehead atoms. The van der Waals surface area contributed by atoms with Gasteiger partial charge in [0.05, 0.1) is 5.38 Å². The van der Waals surface area contributed by atoms with E-state index in [0.717, 1.165) is 12.2 Å². The number of rotatable bonds is 2. The second-order valence-corrected chi connectivity index (χ2v) is 3.28. The number of para-hydroxylation sites is 1. The highest BCUT2D eigenvalue weighted by atomic mass is 35.5. The highest BCUT2D eigenvalue weighted by Gasteiger charge is 2.37. The molecule has 1 saturated carbocycles. The molecule has 1 aromatic rings. The maximum Gasteiger partial charge on any atom is 0.119 e. The Bertz CT molecular complexity index is 235. The van der Waals surface area contributed by atoms with Crippen molar-refractivity contribution < 1.29 is 4.74 Å². The molecular formula is C9H9ClO. The van der Waals surface area contributed by atoms with Crippen LogP contribution in [0.2, 0.25) is 0 Å². The van der Waals surface area contributed by atoms with Gasteiger partial charge in [-0.2, -0.15) is 0 Å². The topological polar surface area (TPSA) is 9.23 Å². The average Bonchev–Trinajstić information content (AvgIpc) is 2.69. The molecule has 0 spiro atoms. The van der Waals surface area contributed by atoms with Gasteiger partial charge in [-0.05, 0) is 12.1 Å². The summed E-state index contributed by atoms with van der Waals surface area (Å²) < 4.78 is 5.51. The molecule has 1 fully saturated rings. The Morgan fingerprint density at radius 3 is 2.45 bits per heavy atom. The van der Waals surface area contributed by atoms with Crippen molar-refractivity contribution in [1.82, 2.24) is 0 Å². The summed E-state index contributed by atoms with van der Waals surface area (Å²) in [6.45, 7) is 0. The summed E-state index contributed by atoms with van der Waals surface area (Å²) in [5, 5.41) is 0.232. The molecule has 1 aliphatic carbocycles. The van der Waals surface area contributed by atoms with Crippen molar-refractivity contribution in [2.75, 3.05) is 0 Å². The summed E-state index contributed by atoms with van der Waals surface area (Å²) >= 11 is 5.78. The van der Waals surface area contributed by atoms with E-state index in [9.17, 15) is 0 Å². The van der Waals surface area contributed by atoms with Gasteiger partial charge in [-0.1, -0.05) is 18.2 Å².